The fourth-order valence-corrected chi connectivity index (χ4v) is 3.02. The molecule has 0 saturated heterocycles. The number of sulfonamides is 1. The van der Waals surface area contributed by atoms with Gasteiger partial charge in [0.15, 0.2) is 0 Å². The molecule has 0 atom stereocenters. The van der Waals surface area contributed by atoms with Crippen molar-refractivity contribution in [3.05, 3.63) is 59.7 Å². The summed E-state index contributed by atoms with van der Waals surface area (Å²) in [5.74, 6) is -2.60. The van der Waals surface area contributed by atoms with Gasteiger partial charge in [0.2, 0.25) is 5.91 Å². The quantitative estimate of drug-likeness (QED) is 0.652. The number of carbonyl (C=O) groups is 3. The standard InChI is InChI=1S/C16H14N2O6S.Na.H/c1-10(19)18-25(23,24)12-8-6-11(7-9-12)17-15(20)13-4-2-3-5-14(13)16(21)22;;/h2-9H,1H3,(H,17,20)(H,18,19)(H,21,22);;. The maximum atomic E-state index is 12.2. The molecule has 0 aromatic heterocycles. The van der Waals surface area contributed by atoms with Gasteiger partial charge in [0.25, 0.3) is 15.9 Å². The summed E-state index contributed by atoms with van der Waals surface area (Å²) < 4.78 is 25.5. The zero-order valence-corrected chi connectivity index (χ0v) is 13.8. The molecule has 0 fully saturated rings. The Labute approximate surface area is 172 Å². The molecule has 8 nitrogen and oxygen atoms in total. The van der Waals surface area contributed by atoms with Crippen molar-refractivity contribution in [2.75, 3.05) is 5.32 Å². The topological polar surface area (TPSA) is 130 Å². The van der Waals surface area contributed by atoms with Crippen LogP contribution < -0.4 is 10.0 Å². The van der Waals surface area contributed by atoms with Gasteiger partial charge in [-0.15, -0.1) is 0 Å². The molecule has 0 aliphatic rings. The molecule has 132 valence electrons. The van der Waals surface area contributed by atoms with E-state index in [0.717, 1.165) is 6.92 Å². The Balaban J connectivity index is 0.00000338. The first kappa shape index (κ1) is 21.8. The van der Waals surface area contributed by atoms with Gasteiger partial charge in [-0.25, -0.2) is 17.9 Å². The van der Waals surface area contributed by atoms with Crippen molar-refractivity contribution in [1.82, 2.24) is 4.72 Å². The normalized spacial score (nSPS) is 10.3. The van der Waals surface area contributed by atoms with Crippen LogP contribution in [0, 0.1) is 0 Å². The second-order valence-electron chi connectivity index (χ2n) is 4.99. The number of anilines is 1. The predicted molar refractivity (Wildman–Crippen MR) is 95.9 cm³/mol. The number of carboxylic acid groups (broad SMARTS) is 1. The van der Waals surface area contributed by atoms with Gasteiger partial charge in [0.05, 0.1) is 16.0 Å². The summed E-state index contributed by atoms with van der Waals surface area (Å²) in [6.45, 7) is 1.08. The van der Waals surface area contributed by atoms with Crippen molar-refractivity contribution < 1.29 is 27.9 Å². The van der Waals surface area contributed by atoms with Crippen LogP contribution in [0.5, 0.6) is 0 Å². The molecule has 0 unspecified atom stereocenters. The van der Waals surface area contributed by atoms with E-state index < -0.39 is 27.8 Å². The first-order valence-corrected chi connectivity index (χ1v) is 8.46. The molecule has 0 saturated carbocycles. The molecule has 0 radical (unpaired) electrons. The molecular formula is C16H15N2NaO6S. The van der Waals surface area contributed by atoms with E-state index in [9.17, 15) is 22.8 Å². The van der Waals surface area contributed by atoms with Crippen molar-refractivity contribution >= 4 is 63.1 Å². The van der Waals surface area contributed by atoms with Gasteiger partial charge in [-0.2, -0.15) is 0 Å². The fraction of sp³-hybridized carbons (Fsp3) is 0.0625. The third kappa shape index (κ3) is 5.40. The summed E-state index contributed by atoms with van der Waals surface area (Å²) in [7, 11) is -3.96. The van der Waals surface area contributed by atoms with E-state index in [1.807, 2.05) is 4.72 Å². The second kappa shape index (κ2) is 8.95. The van der Waals surface area contributed by atoms with Crippen LogP contribution in [0.15, 0.2) is 53.4 Å². The third-order valence-corrected chi connectivity index (χ3v) is 4.55. The van der Waals surface area contributed by atoms with Crippen molar-refractivity contribution in [3.8, 4) is 0 Å². The molecule has 2 amide bonds. The number of hydrogen-bond acceptors (Lipinski definition) is 5. The van der Waals surface area contributed by atoms with Crippen molar-refractivity contribution in [3.63, 3.8) is 0 Å². The number of rotatable bonds is 5. The molecule has 0 heterocycles. The van der Waals surface area contributed by atoms with Crippen molar-refractivity contribution in [1.29, 1.82) is 0 Å². The van der Waals surface area contributed by atoms with Gasteiger partial charge in [0.1, 0.15) is 0 Å². The summed E-state index contributed by atoms with van der Waals surface area (Å²) >= 11 is 0. The van der Waals surface area contributed by atoms with Crippen molar-refractivity contribution in [2.24, 2.45) is 0 Å². The molecule has 3 N–H and O–H groups in total. The Morgan fingerprint density at radius 3 is 1.96 bits per heavy atom. The number of nitrogens with one attached hydrogen (secondary N) is 2. The van der Waals surface area contributed by atoms with E-state index in [4.69, 9.17) is 5.11 Å². The summed E-state index contributed by atoms with van der Waals surface area (Å²) in [4.78, 5) is 34.1. The van der Waals surface area contributed by atoms with Gasteiger partial charge in [-0.3, -0.25) is 9.59 Å². The molecule has 10 heteroatoms. The zero-order chi connectivity index (χ0) is 18.6. The van der Waals surface area contributed by atoms with E-state index in [0.29, 0.717) is 0 Å². The van der Waals surface area contributed by atoms with Crippen LogP contribution in [0.25, 0.3) is 0 Å². The average molecular weight is 386 g/mol. The molecule has 2 rings (SSSR count). The molecular weight excluding hydrogens is 371 g/mol. The van der Waals surface area contributed by atoms with Crippen LogP contribution in [-0.4, -0.2) is 60.9 Å². The molecule has 2 aromatic carbocycles. The van der Waals surface area contributed by atoms with Crippen LogP contribution >= 0.6 is 0 Å². The van der Waals surface area contributed by atoms with Crippen LogP contribution in [-0.2, 0) is 14.8 Å². The van der Waals surface area contributed by atoms with Gasteiger partial charge < -0.3 is 10.4 Å². The van der Waals surface area contributed by atoms with Crippen LogP contribution in [0.1, 0.15) is 27.6 Å². The van der Waals surface area contributed by atoms with Gasteiger partial charge in [-0.05, 0) is 36.4 Å². The second-order valence-corrected chi connectivity index (χ2v) is 6.67. The number of amides is 2. The fourth-order valence-electron chi connectivity index (χ4n) is 2.03. The summed E-state index contributed by atoms with van der Waals surface area (Å²) in [6.07, 6.45) is 0. The maximum absolute atomic E-state index is 12.2. The molecule has 0 aliphatic carbocycles. The zero-order valence-electron chi connectivity index (χ0n) is 13.0. The Morgan fingerprint density at radius 2 is 1.46 bits per heavy atom. The number of aromatic carboxylic acids is 1. The Hall–Kier alpha value is -2.20. The number of carbonyl (C=O) groups excluding carboxylic acids is 2. The van der Waals surface area contributed by atoms with Crippen LogP contribution in [0.4, 0.5) is 5.69 Å². The van der Waals surface area contributed by atoms with Gasteiger partial charge in [0, 0.05) is 12.6 Å². The Kier molecular flexibility index (Phi) is 7.52. The molecule has 0 bridgehead atoms. The summed E-state index contributed by atoms with van der Waals surface area (Å²) in [5, 5.41) is 11.6. The van der Waals surface area contributed by atoms with Crippen molar-refractivity contribution in [2.45, 2.75) is 11.8 Å². The van der Waals surface area contributed by atoms with Crippen LogP contribution in [0.2, 0.25) is 0 Å². The summed E-state index contributed by atoms with van der Waals surface area (Å²) in [5.41, 5.74) is 0.0989. The first-order valence-electron chi connectivity index (χ1n) is 6.98. The number of benzene rings is 2. The SMILES string of the molecule is CC(=O)NS(=O)(=O)c1ccc(NC(=O)c2ccccc2C(=O)O)cc1.[NaH]. The Bertz CT molecular complexity index is 941. The monoisotopic (exact) mass is 386 g/mol. The van der Waals surface area contributed by atoms with E-state index in [1.165, 1.54) is 48.5 Å². The molecule has 26 heavy (non-hydrogen) atoms. The van der Waals surface area contributed by atoms with E-state index in [-0.39, 0.29) is 51.3 Å². The minimum atomic E-state index is -3.96. The van der Waals surface area contributed by atoms with E-state index >= 15 is 0 Å². The van der Waals surface area contributed by atoms with Crippen LogP contribution in [0.3, 0.4) is 0 Å². The summed E-state index contributed by atoms with van der Waals surface area (Å²) in [6, 6.07) is 10.8. The van der Waals surface area contributed by atoms with Gasteiger partial charge >= 0.3 is 35.5 Å². The molecule has 0 aliphatic heterocycles. The number of carboxylic acids is 1. The third-order valence-electron chi connectivity index (χ3n) is 3.10. The average Bonchev–Trinajstić information content (AvgIpc) is 2.54. The molecule has 0 spiro atoms. The predicted octanol–water partition coefficient (Wildman–Crippen LogP) is 0.813. The van der Waals surface area contributed by atoms with E-state index in [1.54, 1.807) is 0 Å². The van der Waals surface area contributed by atoms with E-state index in [2.05, 4.69) is 5.32 Å². The van der Waals surface area contributed by atoms with Gasteiger partial charge in [-0.1, -0.05) is 12.1 Å². The molecule has 2 aromatic rings. The minimum absolute atomic E-state index is 0. The first-order chi connectivity index (χ1) is 11.7. The number of hydrogen-bond donors (Lipinski definition) is 3. The Morgan fingerprint density at radius 1 is 0.923 bits per heavy atom.